The average Bonchev–Trinajstić information content (AvgIpc) is 2.46. The van der Waals surface area contributed by atoms with Gasteiger partial charge in [-0.2, -0.15) is 0 Å². The number of nitrogens with zero attached hydrogens (tertiary/aromatic N) is 2. The number of rotatable bonds is 1. The molecule has 2 nitrogen and oxygen atoms in total. The van der Waals surface area contributed by atoms with Crippen molar-refractivity contribution in [2.24, 2.45) is 0 Å². The van der Waals surface area contributed by atoms with E-state index < -0.39 is 0 Å². The van der Waals surface area contributed by atoms with Crippen molar-refractivity contribution in [3.63, 3.8) is 0 Å². The lowest BCUT2D eigenvalue weighted by Gasteiger charge is -2.07. The lowest BCUT2D eigenvalue weighted by Crippen LogP contribution is -1.99. The molecule has 2 heterocycles. The Hall–Kier alpha value is -1.02. The Kier molecular flexibility index (Phi) is 2.00. The number of hydrogen-bond donors (Lipinski definition) is 0. The Morgan fingerprint density at radius 3 is 2.92 bits per heavy atom. The molecule has 2 aromatic heterocycles. The second-order valence-corrected chi connectivity index (χ2v) is 3.82. The molecule has 0 N–H and O–H groups in total. The fraction of sp³-hybridized carbons (Fsp3) is 0.300. The predicted octanol–water partition coefficient (Wildman–Crippen LogP) is 3.27. The number of pyridine rings is 1. The van der Waals surface area contributed by atoms with Gasteiger partial charge in [-0.1, -0.05) is 11.6 Å². The maximum Gasteiger partial charge on any atom is 0.140 e. The van der Waals surface area contributed by atoms with E-state index in [4.69, 9.17) is 11.6 Å². The third-order valence-corrected chi connectivity index (χ3v) is 2.28. The molecule has 0 aliphatic rings. The highest BCUT2D eigenvalue weighted by molar-refractivity contribution is 6.31. The summed E-state index contributed by atoms with van der Waals surface area (Å²) in [5.74, 6) is 0. The topological polar surface area (TPSA) is 17.8 Å². The summed E-state index contributed by atoms with van der Waals surface area (Å²) in [4.78, 5) is 4.29. The minimum absolute atomic E-state index is 0.436. The Morgan fingerprint density at radius 1 is 1.46 bits per heavy atom. The van der Waals surface area contributed by atoms with Gasteiger partial charge in [0.25, 0.3) is 0 Å². The van der Waals surface area contributed by atoms with Gasteiger partial charge in [-0.15, -0.1) is 0 Å². The van der Waals surface area contributed by atoms with Crippen LogP contribution >= 0.6 is 11.6 Å². The average molecular weight is 195 g/mol. The minimum atomic E-state index is 0.436. The van der Waals surface area contributed by atoms with Gasteiger partial charge in [0.2, 0.25) is 0 Å². The van der Waals surface area contributed by atoms with E-state index in [-0.39, 0.29) is 0 Å². The van der Waals surface area contributed by atoms with Crippen LogP contribution in [0.1, 0.15) is 19.9 Å². The van der Waals surface area contributed by atoms with Crippen LogP contribution in [0.4, 0.5) is 0 Å². The van der Waals surface area contributed by atoms with Gasteiger partial charge in [0.05, 0.1) is 5.02 Å². The second-order valence-electron chi connectivity index (χ2n) is 3.38. The standard InChI is InChI=1S/C10H11ClN2/c1-7(2)13-4-3-8-5-9(11)6-12-10(8)13/h3-7H,1-2H3. The normalized spacial score (nSPS) is 11.4. The Bertz CT molecular complexity index is 431. The lowest BCUT2D eigenvalue weighted by atomic mass is 10.3. The molecule has 0 unspecified atom stereocenters. The van der Waals surface area contributed by atoms with E-state index in [0.29, 0.717) is 11.1 Å². The molecule has 2 rings (SSSR count). The monoisotopic (exact) mass is 194 g/mol. The zero-order valence-electron chi connectivity index (χ0n) is 7.66. The molecular formula is C10H11ClN2. The molecule has 0 aliphatic heterocycles. The van der Waals surface area contributed by atoms with Crippen molar-refractivity contribution in [3.8, 4) is 0 Å². The molecule has 0 bridgehead atoms. The molecule has 0 atom stereocenters. The molecule has 0 spiro atoms. The highest BCUT2D eigenvalue weighted by atomic mass is 35.5. The zero-order chi connectivity index (χ0) is 9.42. The number of hydrogen-bond acceptors (Lipinski definition) is 1. The van der Waals surface area contributed by atoms with Crippen molar-refractivity contribution in [1.29, 1.82) is 0 Å². The quantitative estimate of drug-likeness (QED) is 0.682. The first-order valence-electron chi connectivity index (χ1n) is 4.30. The van der Waals surface area contributed by atoms with Crippen molar-refractivity contribution in [2.45, 2.75) is 19.9 Å². The van der Waals surface area contributed by atoms with Crippen molar-refractivity contribution < 1.29 is 0 Å². The van der Waals surface area contributed by atoms with Crippen LogP contribution in [-0.2, 0) is 0 Å². The molecule has 0 saturated heterocycles. The van der Waals surface area contributed by atoms with Crippen molar-refractivity contribution in [3.05, 3.63) is 29.5 Å². The zero-order valence-corrected chi connectivity index (χ0v) is 8.42. The molecule has 2 aromatic rings. The molecule has 0 aliphatic carbocycles. The highest BCUT2D eigenvalue weighted by Gasteiger charge is 2.04. The lowest BCUT2D eigenvalue weighted by molar-refractivity contribution is 0.618. The van der Waals surface area contributed by atoms with Gasteiger partial charge < -0.3 is 4.57 Å². The van der Waals surface area contributed by atoms with Crippen LogP contribution in [0.25, 0.3) is 11.0 Å². The van der Waals surface area contributed by atoms with Gasteiger partial charge in [-0.3, -0.25) is 0 Å². The van der Waals surface area contributed by atoms with E-state index >= 15 is 0 Å². The van der Waals surface area contributed by atoms with Gasteiger partial charge in [-0.05, 0) is 26.0 Å². The Labute approximate surface area is 82.1 Å². The summed E-state index contributed by atoms with van der Waals surface area (Å²) < 4.78 is 2.13. The van der Waals surface area contributed by atoms with Crippen LogP contribution in [0.15, 0.2) is 24.5 Å². The fourth-order valence-electron chi connectivity index (χ4n) is 1.43. The SMILES string of the molecule is CC(C)n1ccc2cc(Cl)cnc21. The molecule has 0 radical (unpaired) electrons. The highest BCUT2D eigenvalue weighted by Crippen LogP contribution is 2.20. The summed E-state index contributed by atoms with van der Waals surface area (Å²) in [6.07, 6.45) is 3.72. The number of halogens is 1. The van der Waals surface area contributed by atoms with E-state index in [9.17, 15) is 0 Å². The van der Waals surface area contributed by atoms with Crippen LogP contribution < -0.4 is 0 Å². The molecule has 0 saturated carbocycles. The summed E-state index contributed by atoms with van der Waals surface area (Å²) in [5.41, 5.74) is 0.999. The molecule has 0 fully saturated rings. The molecule has 0 amide bonds. The first-order chi connectivity index (χ1) is 6.18. The summed E-state index contributed by atoms with van der Waals surface area (Å²) >= 11 is 5.84. The van der Waals surface area contributed by atoms with E-state index in [2.05, 4.69) is 23.4 Å². The van der Waals surface area contributed by atoms with Gasteiger partial charge in [-0.25, -0.2) is 4.98 Å². The van der Waals surface area contributed by atoms with Gasteiger partial charge in [0.1, 0.15) is 5.65 Å². The molecule has 3 heteroatoms. The summed E-state index contributed by atoms with van der Waals surface area (Å²) in [6, 6.07) is 4.41. The summed E-state index contributed by atoms with van der Waals surface area (Å²) in [7, 11) is 0. The number of fused-ring (bicyclic) bond motifs is 1. The fourth-order valence-corrected chi connectivity index (χ4v) is 1.60. The molecule has 13 heavy (non-hydrogen) atoms. The summed E-state index contributed by atoms with van der Waals surface area (Å²) in [6.45, 7) is 4.27. The van der Waals surface area contributed by atoms with Crippen LogP contribution in [0.5, 0.6) is 0 Å². The van der Waals surface area contributed by atoms with Crippen LogP contribution in [0.2, 0.25) is 5.02 Å². The first kappa shape index (κ1) is 8.57. The van der Waals surface area contributed by atoms with E-state index in [1.54, 1.807) is 6.20 Å². The Morgan fingerprint density at radius 2 is 2.23 bits per heavy atom. The van der Waals surface area contributed by atoms with E-state index in [1.807, 2.05) is 18.3 Å². The van der Waals surface area contributed by atoms with Crippen molar-refractivity contribution in [1.82, 2.24) is 9.55 Å². The van der Waals surface area contributed by atoms with Crippen LogP contribution in [0, 0.1) is 0 Å². The Balaban J connectivity index is 2.69. The molecule has 0 aromatic carbocycles. The van der Waals surface area contributed by atoms with Gasteiger partial charge in [0.15, 0.2) is 0 Å². The maximum absolute atomic E-state index is 5.84. The van der Waals surface area contributed by atoms with E-state index in [1.165, 1.54) is 0 Å². The van der Waals surface area contributed by atoms with Crippen LogP contribution in [0.3, 0.4) is 0 Å². The first-order valence-corrected chi connectivity index (χ1v) is 4.68. The largest absolute Gasteiger partial charge is 0.330 e. The smallest absolute Gasteiger partial charge is 0.140 e. The summed E-state index contributed by atoms with van der Waals surface area (Å²) in [5, 5.41) is 1.79. The third-order valence-electron chi connectivity index (χ3n) is 2.08. The van der Waals surface area contributed by atoms with Gasteiger partial charge in [0, 0.05) is 23.8 Å². The third kappa shape index (κ3) is 1.42. The minimum Gasteiger partial charge on any atom is -0.330 e. The van der Waals surface area contributed by atoms with Gasteiger partial charge >= 0.3 is 0 Å². The van der Waals surface area contributed by atoms with Crippen LogP contribution in [-0.4, -0.2) is 9.55 Å². The molecule has 68 valence electrons. The number of aromatic nitrogens is 2. The van der Waals surface area contributed by atoms with Crippen molar-refractivity contribution >= 4 is 22.6 Å². The second kappa shape index (κ2) is 3.04. The predicted molar refractivity (Wildman–Crippen MR) is 55.1 cm³/mol. The molecular weight excluding hydrogens is 184 g/mol. The maximum atomic E-state index is 5.84. The van der Waals surface area contributed by atoms with Crippen molar-refractivity contribution in [2.75, 3.05) is 0 Å². The van der Waals surface area contributed by atoms with E-state index in [0.717, 1.165) is 11.0 Å².